The number of unbranched alkanes of at least 4 members (excludes halogenated alkanes) is 28. The molecule has 0 radical (unpaired) electrons. The average Bonchev–Trinajstić information content (AvgIpc) is 3.09. The third kappa shape index (κ3) is 21.5. The van der Waals surface area contributed by atoms with Crippen LogP contribution in [-0.4, -0.2) is 38.5 Å². The van der Waals surface area contributed by atoms with Gasteiger partial charge in [0.1, 0.15) is 6.23 Å². The van der Waals surface area contributed by atoms with Gasteiger partial charge in [0, 0.05) is 11.1 Å². The second-order valence-corrected chi connectivity index (χ2v) is 17.4. The molecule has 50 heavy (non-hydrogen) atoms. The van der Waals surface area contributed by atoms with E-state index in [2.05, 4.69) is 39.5 Å². The van der Waals surface area contributed by atoms with Crippen molar-refractivity contribution in [1.29, 1.82) is 0 Å². The van der Waals surface area contributed by atoms with Crippen LogP contribution in [0, 0.1) is 0 Å². The number of aliphatic hydroxyl groups is 2. The summed E-state index contributed by atoms with van der Waals surface area (Å²) >= 11 is 0. The molecule has 1 rings (SSSR count). The van der Waals surface area contributed by atoms with Crippen molar-refractivity contribution in [2.45, 2.75) is 302 Å². The standard InChI is InChI=1S/C47H95NO2/c1-6-10-14-18-22-26-30-34-38-46(39-35-31-27-23-19-15-11-7-2)42-45(50)43-47(48(46)44(5)49,40-36-32-28-24-20-16-12-8-3)41-37-33-29-25-21-17-13-9-4/h44-45,49-50H,6-43H2,1-5H3. The summed E-state index contributed by atoms with van der Waals surface area (Å²) in [6, 6.07) is 0. The number of hydrogen-bond acceptors (Lipinski definition) is 3. The van der Waals surface area contributed by atoms with Gasteiger partial charge < -0.3 is 10.2 Å². The lowest BCUT2D eigenvalue weighted by atomic mass is 9.67. The van der Waals surface area contributed by atoms with Gasteiger partial charge in [-0.25, -0.2) is 0 Å². The number of nitrogens with zero attached hydrogens (tertiary/aromatic N) is 1. The van der Waals surface area contributed by atoms with Gasteiger partial charge in [-0.2, -0.15) is 0 Å². The Balaban J connectivity index is 3.12. The molecule has 1 saturated heterocycles. The molecule has 0 saturated carbocycles. The third-order valence-corrected chi connectivity index (χ3v) is 12.6. The minimum absolute atomic E-state index is 0.0729. The number of likely N-dealkylation sites (tertiary alicyclic amines) is 1. The van der Waals surface area contributed by atoms with Crippen molar-refractivity contribution in [3.8, 4) is 0 Å². The first-order valence-electron chi connectivity index (χ1n) is 23.6. The molecule has 1 aliphatic rings. The van der Waals surface area contributed by atoms with E-state index < -0.39 is 6.23 Å². The Kier molecular flexibility index (Phi) is 31.0. The second kappa shape index (κ2) is 32.3. The molecule has 1 unspecified atom stereocenters. The molecule has 0 spiro atoms. The van der Waals surface area contributed by atoms with E-state index in [-0.39, 0.29) is 17.2 Å². The van der Waals surface area contributed by atoms with Crippen molar-refractivity contribution in [2.24, 2.45) is 0 Å². The van der Waals surface area contributed by atoms with Crippen molar-refractivity contribution in [3.05, 3.63) is 0 Å². The van der Waals surface area contributed by atoms with Crippen molar-refractivity contribution in [3.63, 3.8) is 0 Å². The van der Waals surface area contributed by atoms with Crippen LogP contribution in [0.5, 0.6) is 0 Å². The molecule has 1 fully saturated rings. The van der Waals surface area contributed by atoms with E-state index in [4.69, 9.17) is 0 Å². The third-order valence-electron chi connectivity index (χ3n) is 12.6. The molecule has 1 atom stereocenters. The highest BCUT2D eigenvalue weighted by Gasteiger charge is 2.54. The number of rotatable bonds is 37. The lowest BCUT2D eigenvalue weighted by molar-refractivity contribution is -0.191. The Hall–Kier alpha value is -0.120. The van der Waals surface area contributed by atoms with Crippen LogP contribution in [0.1, 0.15) is 279 Å². The Morgan fingerprint density at radius 3 is 0.800 bits per heavy atom. The van der Waals surface area contributed by atoms with Gasteiger partial charge in [0.25, 0.3) is 0 Å². The summed E-state index contributed by atoms with van der Waals surface area (Å²) in [6.07, 6.45) is 48.6. The molecule has 0 aromatic rings. The predicted molar refractivity (Wildman–Crippen MR) is 223 cm³/mol. The predicted octanol–water partition coefficient (Wildman–Crippen LogP) is 15.4. The molecule has 3 heteroatoms. The second-order valence-electron chi connectivity index (χ2n) is 17.4. The highest BCUT2D eigenvalue weighted by atomic mass is 16.3. The van der Waals surface area contributed by atoms with Gasteiger partial charge in [0.05, 0.1) is 6.10 Å². The molecule has 0 amide bonds. The zero-order valence-corrected chi connectivity index (χ0v) is 35.4. The van der Waals surface area contributed by atoms with Crippen LogP contribution in [0.3, 0.4) is 0 Å². The van der Waals surface area contributed by atoms with Gasteiger partial charge in [-0.15, -0.1) is 0 Å². The van der Waals surface area contributed by atoms with E-state index >= 15 is 0 Å². The van der Waals surface area contributed by atoms with E-state index in [1.54, 1.807) is 0 Å². The van der Waals surface area contributed by atoms with Crippen LogP contribution < -0.4 is 0 Å². The number of hydrogen-bond donors (Lipinski definition) is 2. The van der Waals surface area contributed by atoms with Gasteiger partial charge in [-0.1, -0.05) is 233 Å². The monoisotopic (exact) mass is 706 g/mol. The molecule has 0 aliphatic carbocycles. The molecular weight excluding hydrogens is 611 g/mol. The maximum absolute atomic E-state index is 11.9. The summed E-state index contributed by atoms with van der Waals surface area (Å²) in [7, 11) is 0. The van der Waals surface area contributed by atoms with Crippen LogP contribution in [0.2, 0.25) is 0 Å². The van der Waals surface area contributed by atoms with Gasteiger partial charge in [0.15, 0.2) is 0 Å². The fourth-order valence-electron chi connectivity index (χ4n) is 9.93. The van der Waals surface area contributed by atoms with Crippen molar-refractivity contribution in [2.75, 3.05) is 0 Å². The first-order valence-corrected chi connectivity index (χ1v) is 23.6. The van der Waals surface area contributed by atoms with E-state index in [1.807, 2.05) is 0 Å². The molecule has 2 N–H and O–H groups in total. The summed E-state index contributed by atoms with van der Waals surface area (Å²) in [6.45, 7) is 11.3. The average molecular weight is 706 g/mol. The van der Waals surface area contributed by atoms with Crippen molar-refractivity contribution < 1.29 is 10.2 Å². The van der Waals surface area contributed by atoms with Crippen LogP contribution in [0.4, 0.5) is 0 Å². The Labute approximate surface area is 316 Å². The van der Waals surface area contributed by atoms with Crippen molar-refractivity contribution in [1.82, 2.24) is 4.90 Å². The van der Waals surface area contributed by atoms with Crippen LogP contribution in [0.15, 0.2) is 0 Å². The maximum atomic E-state index is 11.9. The van der Waals surface area contributed by atoms with Crippen LogP contribution in [-0.2, 0) is 0 Å². The lowest BCUT2D eigenvalue weighted by Gasteiger charge is -2.61. The minimum atomic E-state index is -0.450. The lowest BCUT2D eigenvalue weighted by Crippen LogP contribution is -2.69. The smallest absolute Gasteiger partial charge is 0.105 e. The Morgan fingerprint density at radius 1 is 0.400 bits per heavy atom. The molecular formula is C47H95NO2. The molecule has 3 nitrogen and oxygen atoms in total. The fourth-order valence-corrected chi connectivity index (χ4v) is 9.93. The van der Waals surface area contributed by atoms with Gasteiger partial charge in [-0.3, -0.25) is 4.90 Å². The normalized spacial score (nSPS) is 17.1. The summed E-state index contributed by atoms with van der Waals surface area (Å²) in [5.41, 5.74) is -0.146. The number of piperidine rings is 1. The SMILES string of the molecule is CCCCCCCCCCC1(CCCCCCCCCC)CC(O)CC(CCCCCCCCCC)(CCCCCCCCCC)N1C(C)O. The highest BCUT2D eigenvalue weighted by Crippen LogP contribution is 2.50. The van der Waals surface area contributed by atoms with E-state index in [0.717, 1.165) is 38.5 Å². The molecule has 1 aliphatic heterocycles. The van der Waals surface area contributed by atoms with E-state index in [1.165, 1.54) is 205 Å². The number of aliphatic hydroxyl groups excluding tert-OH is 2. The maximum Gasteiger partial charge on any atom is 0.105 e. The van der Waals surface area contributed by atoms with E-state index in [9.17, 15) is 10.2 Å². The topological polar surface area (TPSA) is 43.7 Å². The quantitative estimate of drug-likeness (QED) is 0.0632. The first-order chi connectivity index (χ1) is 24.4. The van der Waals surface area contributed by atoms with Gasteiger partial charge >= 0.3 is 0 Å². The molecule has 0 aromatic carbocycles. The highest BCUT2D eigenvalue weighted by molar-refractivity contribution is 5.08. The molecule has 0 aromatic heterocycles. The van der Waals surface area contributed by atoms with E-state index in [0.29, 0.717) is 0 Å². The Morgan fingerprint density at radius 2 is 0.600 bits per heavy atom. The summed E-state index contributed by atoms with van der Waals surface area (Å²) < 4.78 is 0. The summed E-state index contributed by atoms with van der Waals surface area (Å²) in [5.74, 6) is 0. The van der Waals surface area contributed by atoms with Crippen molar-refractivity contribution >= 4 is 0 Å². The summed E-state index contributed by atoms with van der Waals surface area (Å²) in [5, 5.41) is 23.7. The Bertz CT molecular complexity index is 613. The van der Waals surface area contributed by atoms with Gasteiger partial charge in [-0.05, 0) is 45.4 Å². The zero-order valence-electron chi connectivity index (χ0n) is 35.4. The van der Waals surface area contributed by atoms with Crippen LogP contribution >= 0.6 is 0 Å². The van der Waals surface area contributed by atoms with Gasteiger partial charge in [0.2, 0.25) is 0 Å². The van der Waals surface area contributed by atoms with Crippen LogP contribution in [0.25, 0.3) is 0 Å². The minimum Gasteiger partial charge on any atom is -0.393 e. The largest absolute Gasteiger partial charge is 0.393 e. The first kappa shape index (κ1) is 47.9. The molecule has 0 bridgehead atoms. The summed E-state index contributed by atoms with van der Waals surface area (Å²) in [4.78, 5) is 2.71. The molecule has 1 heterocycles. The zero-order chi connectivity index (χ0) is 36.6. The fraction of sp³-hybridized carbons (Fsp3) is 1.00. The molecule has 300 valence electrons.